The first-order valence-corrected chi connectivity index (χ1v) is 6.33. The smallest absolute Gasteiger partial charge is 0.410 e. The Balaban J connectivity index is 2.01. The molecule has 0 spiro atoms. The van der Waals surface area contributed by atoms with Crippen molar-refractivity contribution in [3.05, 3.63) is 35.9 Å². The average molecular weight is 285 g/mol. The normalized spacial score (nSPS) is 24.7. The summed E-state index contributed by atoms with van der Waals surface area (Å²) in [6.45, 7) is 0.196. The Morgan fingerprint density at radius 2 is 2.05 bits per heavy atom. The minimum absolute atomic E-state index is 0.0171. The van der Waals surface area contributed by atoms with Gasteiger partial charge in [0.15, 0.2) is 0 Å². The average Bonchev–Trinajstić information content (AvgIpc) is 2.68. The Morgan fingerprint density at radius 3 is 2.65 bits per heavy atom. The molecule has 2 rings (SSSR count). The lowest BCUT2D eigenvalue weighted by Gasteiger charge is -2.31. The summed E-state index contributed by atoms with van der Waals surface area (Å²) in [7, 11) is 0. The number of ether oxygens (including phenoxy) is 1. The second-order valence-corrected chi connectivity index (χ2v) is 5.31. The van der Waals surface area contributed by atoms with Gasteiger partial charge in [-0.3, -0.25) is 4.90 Å². The van der Waals surface area contributed by atoms with Gasteiger partial charge in [0.2, 0.25) is 0 Å². The molecule has 1 aliphatic rings. The molecule has 0 aliphatic carbocycles. The number of aliphatic hydroxyl groups is 1. The van der Waals surface area contributed by atoms with Gasteiger partial charge in [0.25, 0.3) is 5.92 Å². The molecule has 1 aromatic rings. The Kier molecular flexibility index (Phi) is 3.94. The SMILES string of the molecule is CC1(CO)CC(F)(F)CN1C(=O)OCc1ccccc1. The van der Waals surface area contributed by atoms with Crippen LogP contribution in [0.25, 0.3) is 0 Å². The van der Waals surface area contributed by atoms with Crippen LogP contribution in [0.5, 0.6) is 0 Å². The summed E-state index contributed by atoms with van der Waals surface area (Å²) in [5.74, 6) is -3.00. The maximum atomic E-state index is 13.4. The van der Waals surface area contributed by atoms with Crippen molar-refractivity contribution in [2.75, 3.05) is 13.2 Å². The minimum Gasteiger partial charge on any atom is -0.445 e. The fraction of sp³-hybridized carbons (Fsp3) is 0.500. The third-order valence-corrected chi connectivity index (χ3v) is 3.45. The van der Waals surface area contributed by atoms with Crippen LogP contribution in [0.2, 0.25) is 0 Å². The molecule has 0 saturated carbocycles. The van der Waals surface area contributed by atoms with Crippen LogP contribution < -0.4 is 0 Å². The first-order chi connectivity index (χ1) is 9.36. The van der Waals surface area contributed by atoms with Crippen molar-refractivity contribution in [1.29, 1.82) is 0 Å². The second-order valence-electron chi connectivity index (χ2n) is 5.31. The summed E-state index contributed by atoms with van der Waals surface area (Å²) < 4.78 is 31.9. The predicted octanol–water partition coefficient (Wildman–Crippen LogP) is 2.42. The van der Waals surface area contributed by atoms with Crippen molar-refractivity contribution in [1.82, 2.24) is 4.90 Å². The molecule has 0 radical (unpaired) electrons. The summed E-state index contributed by atoms with van der Waals surface area (Å²) in [4.78, 5) is 12.9. The summed E-state index contributed by atoms with van der Waals surface area (Å²) in [5, 5.41) is 9.28. The molecule has 0 bridgehead atoms. The van der Waals surface area contributed by atoms with Gasteiger partial charge in [0.1, 0.15) is 6.61 Å². The molecule has 1 atom stereocenters. The van der Waals surface area contributed by atoms with Crippen LogP contribution in [0.1, 0.15) is 18.9 Å². The number of nitrogens with zero attached hydrogens (tertiary/aromatic N) is 1. The third kappa shape index (κ3) is 3.07. The number of hydrogen-bond acceptors (Lipinski definition) is 3. The summed E-state index contributed by atoms with van der Waals surface area (Å²) >= 11 is 0. The minimum atomic E-state index is -3.00. The number of aliphatic hydroxyl groups excluding tert-OH is 1. The highest BCUT2D eigenvalue weighted by molar-refractivity contribution is 5.69. The number of alkyl halides is 2. The van der Waals surface area contributed by atoms with Crippen molar-refractivity contribution < 1.29 is 23.4 Å². The van der Waals surface area contributed by atoms with Crippen molar-refractivity contribution >= 4 is 6.09 Å². The lowest BCUT2D eigenvalue weighted by molar-refractivity contribution is 0.00947. The predicted molar refractivity (Wildman–Crippen MR) is 68.4 cm³/mol. The van der Waals surface area contributed by atoms with Crippen LogP contribution in [0, 0.1) is 0 Å². The molecule has 6 heteroatoms. The molecule has 1 N–H and O–H groups in total. The summed E-state index contributed by atoms with van der Waals surface area (Å²) in [6, 6.07) is 8.97. The van der Waals surface area contributed by atoms with Gasteiger partial charge in [0.05, 0.1) is 18.7 Å². The Morgan fingerprint density at radius 1 is 1.40 bits per heavy atom. The maximum absolute atomic E-state index is 13.4. The van der Waals surface area contributed by atoms with Gasteiger partial charge in [-0.05, 0) is 12.5 Å². The standard InChI is InChI=1S/C14H17F2NO3/c1-13(10-18)8-14(15,16)9-17(13)12(19)20-7-11-5-3-2-4-6-11/h2-6,18H,7-10H2,1H3. The lowest BCUT2D eigenvalue weighted by atomic mass is 9.99. The van der Waals surface area contributed by atoms with E-state index < -0.39 is 37.1 Å². The number of likely N-dealkylation sites (tertiary alicyclic amines) is 1. The molecule has 1 aliphatic heterocycles. The fourth-order valence-corrected chi connectivity index (χ4v) is 2.35. The summed E-state index contributed by atoms with van der Waals surface area (Å²) in [5.41, 5.74) is -0.505. The molecular weight excluding hydrogens is 268 g/mol. The van der Waals surface area contributed by atoms with Gasteiger partial charge >= 0.3 is 6.09 Å². The highest BCUT2D eigenvalue weighted by Crippen LogP contribution is 2.39. The van der Waals surface area contributed by atoms with Gasteiger partial charge < -0.3 is 9.84 Å². The van der Waals surface area contributed by atoms with Crippen LogP contribution in [0.4, 0.5) is 13.6 Å². The first-order valence-electron chi connectivity index (χ1n) is 6.33. The molecule has 4 nitrogen and oxygen atoms in total. The van der Waals surface area contributed by atoms with E-state index in [-0.39, 0.29) is 6.61 Å². The molecule has 20 heavy (non-hydrogen) atoms. The van der Waals surface area contributed by atoms with Gasteiger partial charge in [-0.15, -0.1) is 0 Å². The number of carbonyl (C=O) groups excluding carboxylic acids is 1. The van der Waals surface area contributed by atoms with E-state index in [1.165, 1.54) is 6.92 Å². The van der Waals surface area contributed by atoms with Crippen LogP contribution in [0.15, 0.2) is 30.3 Å². The molecule has 0 aromatic heterocycles. The molecule has 1 fully saturated rings. The van der Waals surface area contributed by atoms with E-state index >= 15 is 0 Å². The zero-order valence-corrected chi connectivity index (χ0v) is 11.2. The monoisotopic (exact) mass is 285 g/mol. The zero-order chi connectivity index (χ0) is 14.8. The van der Waals surface area contributed by atoms with Crippen LogP contribution in [0.3, 0.4) is 0 Å². The molecule has 1 aromatic carbocycles. The number of carbonyl (C=O) groups is 1. The van der Waals surface area contributed by atoms with E-state index in [0.29, 0.717) is 0 Å². The van der Waals surface area contributed by atoms with E-state index in [1.807, 2.05) is 6.07 Å². The van der Waals surface area contributed by atoms with Crippen LogP contribution in [-0.4, -0.2) is 40.7 Å². The second kappa shape index (κ2) is 5.36. The topological polar surface area (TPSA) is 49.8 Å². The van der Waals surface area contributed by atoms with Gasteiger partial charge in [-0.2, -0.15) is 0 Å². The van der Waals surface area contributed by atoms with Gasteiger partial charge in [-0.25, -0.2) is 13.6 Å². The molecule has 1 saturated heterocycles. The number of halogens is 2. The number of benzene rings is 1. The largest absolute Gasteiger partial charge is 0.445 e. The van der Waals surface area contributed by atoms with Crippen molar-refractivity contribution in [3.63, 3.8) is 0 Å². The first kappa shape index (κ1) is 14.7. The number of amides is 1. The van der Waals surface area contributed by atoms with Crippen molar-refractivity contribution in [3.8, 4) is 0 Å². The third-order valence-electron chi connectivity index (χ3n) is 3.45. The highest BCUT2D eigenvalue weighted by atomic mass is 19.3. The Labute approximate surface area is 116 Å². The Hall–Kier alpha value is -1.69. The van der Waals surface area contributed by atoms with E-state index in [2.05, 4.69) is 0 Å². The van der Waals surface area contributed by atoms with E-state index in [0.717, 1.165) is 10.5 Å². The van der Waals surface area contributed by atoms with Crippen LogP contribution >= 0.6 is 0 Å². The highest BCUT2D eigenvalue weighted by Gasteiger charge is 2.54. The van der Waals surface area contributed by atoms with E-state index in [4.69, 9.17) is 4.74 Å². The van der Waals surface area contributed by atoms with E-state index in [9.17, 15) is 18.7 Å². The maximum Gasteiger partial charge on any atom is 0.410 e. The van der Waals surface area contributed by atoms with Gasteiger partial charge in [-0.1, -0.05) is 30.3 Å². The molecule has 1 amide bonds. The lowest BCUT2D eigenvalue weighted by Crippen LogP contribution is -2.47. The van der Waals surface area contributed by atoms with Crippen molar-refractivity contribution in [2.45, 2.75) is 31.4 Å². The van der Waals surface area contributed by atoms with Crippen LogP contribution in [-0.2, 0) is 11.3 Å². The molecular formula is C14H17F2NO3. The Bertz CT molecular complexity index is 481. The summed E-state index contributed by atoms with van der Waals surface area (Å²) in [6.07, 6.45) is -1.39. The zero-order valence-electron chi connectivity index (χ0n) is 11.2. The molecule has 1 unspecified atom stereocenters. The molecule has 1 heterocycles. The molecule has 110 valence electrons. The fourth-order valence-electron chi connectivity index (χ4n) is 2.35. The number of rotatable bonds is 3. The quantitative estimate of drug-likeness (QED) is 0.928. The van der Waals surface area contributed by atoms with Gasteiger partial charge in [0, 0.05) is 6.42 Å². The van der Waals surface area contributed by atoms with Crippen molar-refractivity contribution in [2.24, 2.45) is 0 Å². The van der Waals surface area contributed by atoms with E-state index in [1.54, 1.807) is 24.3 Å². The number of hydrogen-bond donors (Lipinski definition) is 1.